The third-order valence-corrected chi connectivity index (χ3v) is 6.40. The summed E-state index contributed by atoms with van der Waals surface area (Å²) in [6.45, 7) is 10.1. The van der Waals surface area contributed by atoms with E-state index in [1.54, 1.807) is 6.20 Å². The fraction of sp³-hybridized carbons (Fsp3) is 0.414. The van der Waals surface area contributed by atoms with Gasteiger partial charge in [-0.1, -0.05) is 38.1 Å². The molecule has 0 saturated heterocycles. The van der Waals surface area contributed by atoms with Crippen LogP contribution in [-0.4, -0.2) is 47.2 Å². The minimum atomic E-state index is 0.173. The molecule has 2 aromatic carbocycles. The molecule has 4 rings (SSSR count). The van der Waals surface area contributed by atoms with Crippen LogP contribution in [0, 0.1) is 0 Å². The summed E-state index contributed by atoms with van der Waals surface area (Å²) in [5.41, 5.74) is 3.66. The maximum absolute atomic E-state index is 6.08. The molecule has 7 heteroatoms. The SMILES string of the molecule is CCCN(CCC)CCc1ccc(OCc2ccc(N(Cc3ncc[nH]3)CC3NC=CN3)cc2)cc1. The lowest BCUT2D eigenvalue weighted by molar-refractivity contribution is 0.278. The summed E-state index contributed by atoms with van der Waals surface area (Å²) in [5, 5.41) is 6.66. The van der Waals surface area contributed by atoms with E-state index in [0.29, 0.717) is 13.2 Å². The quantitative estimate of drug-likeness (QED) is 0.289. The molecule has 0 fully saturated rings. The molecule has 2 heterocycles. The van der Waals surface area contributed by atoms with E-state index in [1.165, 1.54) is 31.5 Å². The van der Waals surface area contributed by atoms with Gasteiger partial charge in [0.15, 0.2) is 0 Å². The number of H-pyrrole nitrogens is 1. The molecule has 3 N–H and O–H groups in total. The Hall–Kier alpha value is -3.45. The molecule has 7 nitrogen and oxygen atoms in total. The molecule has 0 aliphatic carbocycles. The molecular weight excluding hydrogens is 448 g/mol. The summed E-state index contributed by atoms with van der Waals surface area (Å²) in [6.07, 6.45) is 11.2. The largest absolute Gasteiger partial charge is 0.489 e. The maximum atomic E-state index is 6.08. The second-order valence-corrected chi connectivity index (χ2v) is 9.33. The fourth-order valence-electron chi connectivity index (χ4n) is 4.51. The van der Waals surface area contributed by atoms with Gasteiger partial charge < -0.3 is 30.2 Å². The highest BCUT2D eigenvalue weighted by molar-refractivity contribution is 5.48. The van der Waals surface area contributed by atoms with E-state index in [0.717, 1.165) is 42.3 Å². The summed E-state index contributed by atoms with van der Waals surface area (Å²) < 4.78 is 6.08. The van der Waals surface area contributed by atoms with Gasteiger partial charge in [0.05, 0.1) is 13.1 Å². The van der Waals surface area contributed by atoms with Crippen molar-refractivity contribution in [1.29, 1.82) is 0 Å². The Bertz CT molecular complexity index is 1020. The van der Waals surface area contributed by atoms with Gasteiger partial charge in [0.25, 0.3) is 0 Å². The van der Waals surface area contributed by atoms with Gasteiger partial charge in [-0.25, -0.2) is 4.98 Å². The second-order valence-electron chi connectivity index (χ2n) is 9.33. The third-order valence-electron chi connectivity index (χ3n) is 6.40. The number of nitrogens with zero attached hydrogens (tertiary/aromatic N) is 3. The first-order valence-corrected chi connectivity index (χ1v) is 13.2. The highest BCUT2D eigenvalue weighted by Gasteiger charge is 2.16. The van der Waals surface area contributed by atoms with Gasteiger partial charge in [0.1, 0.15) is 24.3 Å². The molecule has 0 unspecified atom stereocenters. The standard InChI is InChI=1S/C29H40N6O/c1-3-18-34(19-4-2)20-13-24-7-11-27(12-8-24)36-23-25-5-9-26(10-6-25)35(21-28-30-14-15-31-28)22-29-32-16-17-33-29/h5-12,14-17,28,30-31H,3-4,13,18-23H2,1-2H3,(H,32,33). The van der Waals surface area contributed by atoms with Crippen molar-refractivity contribution >= 4 is 5.69 Å². The molecule has 0 spiro atoms. The highest BCUT2D eigenvalue weighted by atomic mass is 16.5. The van der Waals surface area contributed by atoms with Crippen LogP contribution in [0.5, 0.6) is 5.75 Å². The Morgan fingerprint density at radius 3 is 2.19 bits per heavy atom. The van der Waals surface area contributed by atoms with Crippen molar-refractivity contribution in [3.63, 3.8) is 0 Å². The summed E-state index contributed by atoms with van der Waals surface area (Å²) in [4.78, 5) is 12.5. The van der Waals surface area contributed by atoms with Crippen LogP contribution in [0.1, 0.15) is 43.6 Å². The van der Waals surface area contributed by atoms with Gasteiger partial charge in [-0.2, -0.15) is 0 Å². The van der Waals surface area contributed by atoms with Crippen LogP contribution >= 0.6 is 0 Å². The van der Waals surface area contributed by atoms with Crippen LogP contribution in [0.15, 0.2) is 73.3 Å². The number of hydrogen-bond donors (Lipinski definition) is 3. The van der Waals surface area contributed by atoms with E-state index in [9.17, 15) is 0 Å². The van der Waals surface area contributed by atoms with E-state index in [4.69, 9.17) is 4.74 Å². The molecular formula is C29H40N6O. The number of ether oxygens (including phenoxy) is 1. The summed E-state index contributed by atoms with van der Waals surface area (Å²) in [6, 6.07) is 17.2. The first-order valence-electron chi connectivity index (χ1n) is 13.2. The molecule has 3 aromatic rings. The van der Waals surface area contributed by atoms with Crippen molar-refractivity contribution in [2.45, 2.75) is 52.4 Å². The smallest absolute Gasteiger partial charge is 0.125 e. The first-order chi connectivity index (χ1) is 17.7. The minimum Gasteiger partial charge on any atom is -0.489 e. The van der Waals surface area contributed by atoms with Crippen LogP contribution in [0.25, 0.3) is 0 Å². The normalized spacial score (nSPS) is 13.1. The van der Waals surface area contributed by atoms with Crippen molar-refractivity contribution < 1.29 is 4.74 Å². The van der Waals surface area contributed by atoms with Crippen LogP contribution < -0.4 is 20.3 Å². The molecule has 1 aliphatic rings. The third kappa shape index (κ3) is 7.78. The van der Waals surface area contributed by atoms with Crippen LogP contribution in [0.4, 0.5) is 5.69 Å². The zero-order valence-corrected chi connectivity index (χ0v) is 21.6. The van der Waals surface area contributed by atoms with Crippen molar-refractivity contribution in [2.75, 3.05) is 31.1 Å². The van der Waals surface area contributed by atoms with E-state index in [1.807, 2.05) is 18.6 Å². The molecule has 36 heavy (non-hydrogen) atoms. The minimum absolute atomic E-state index is 0.173. The predicted molar refractivity (Wildman–Crippen MR) is 147 cm³/mol. The number of imidazole rings is 1. The molecule has 0 saturated carbocycles. The van der Waals surface area contributed by atoms with Crippen LogP contribution in [0.2, 0.25) is 0 Å². The molecule has 0 bridgehead atoms. The lowest BCUT2D eigenvalue weighted by Gasteiger charge is -2.27. The van der Waals surface area contributed by atoms with Crippen molar-refractivity contribution in [1.82, 2.24) is 25.5 Å². The molecule has 0 amide bonds. The molecule has 1 aliphatic heterocycles. The Labute approximate surface area is 215 Å². The average molecular weight is 489 g/mol. The lowest BCUT2D eigenvalue weighted by Crippen LogP contribution is -2.43. The topological polar surface area (TPSA) is 68.5 Å². The highest BCUT2D eigenvalue weighted by Crippen LogP contribution is 2.20. The van der Waals surface area contributed by atoms with Gasteiger partial charge >= 0.3 is 0 Å². The lowest BCUT2D eigenvalue weighted by atomic mass is 10.1. The number of rotatable bonds is 15. The van der Waals surface area contributed by atoms with E-state index in [-0.39, 0.29) is 6.17 Å². The number of hydrogen-bond acceptors (Lipinski definition) is 6. The Kier molecular flexibility index (Phi) is 9.68. The average Bonchev–Trinajstić information content (AvgIpc) is 3.62. The number of aromatic nitrogens is 2. The van der Waals surface area contributed by atoms with E-state index in [2.05, 4.69) is 92.8 Å². The summed E-state index contributed by atoms with van der Waals surface area (Å²) >= 11 is 0. The van der Waals surface area contributed by atoms with E-state index >= 15 is 0 Å². The maximum Gasteiger partial charge on any atom is 0.125 e. The molecule has 0 atom stereocenters. The number of benzene rings is 2. The molecule has 192 valence electrons. The monoisotopic (exact) mass is 488 g/mol. The molecule has 0 radical (unpaired) electrons. The molecule has 1 aromatic heterocycles. The Balaban J connectivity index is 1.29. The second kappa shape index (κ2) is 13.6. The van der Waals surface area contributed by atoms with Crippen molar-refractivity contribution in [3.8, 4) is 5.75 Å². The summed E-state index contributed by atoms with van der Waals surface area (Å²) in [5.74, 6) is 1.85. The van der Waals surface area contributed by atoms with Gasteiger partial charge in [-0.15, -0.1) is 0 Å². The summed E-state index contributed by atoms with van der Waals surface area (Å²) in [7, 11) is 0. The zero-order valence-electron chi connectivity index (χ0n) is 21.6. The number of anilines is 1. The van der Waals surface area contributed by atoms with Gasteiger partial charge in [0.2, 0.25) is 0 Å². The van der Waals surface area contributed by atoms with Gasteiger partial charge in [-0.05, 0) is 67.7 Å². The van der Waals surface area contributed by atoms with Gasteiger partial charge in [0, 0.05) is 37.0 Å². The Morgan fingerprint density at radius 2 is 1.56 bits per heavy atom. The Morgan fingerprint density at radius 1 is 0.861 bits per heavy atom. The van der Waals surface area contributed by atoms with Gasteiger partial charge in [-0.3, -0.25) is 0 Å². The van der Waals surface area contributed by atoms with Crippen molar-refractivity contribution in [2.24, 2.45) is 0 Å². The van der Waals surface area contributed by atoms with E-state index < -0.39 is 0 Å². The van der Waals surface area contributed by atoms with Crippen LogP contribution in [0.3, 0.4) is 0 Å². The number of nitrogens with one attached hydrogen (secondary N) is 3. The first kappa shape index (κ1) is 25.6. The van der Waals surface area contributed by atoms with Crippen molar-refractivity contribution in [3.05, 3.63) is 90.3 Å². The predicted octanol–water partition coefficient (Wildman–Crippen LogP) is 4.65. The fourth-order valence-corrected chi connectivity index (χ4v) is 4.51. The zero-order chi connectivity index (χ0) is 25.0. The number of aromatic amines is 1. The van der Waals surface area contributed by atoms with Crippen LogP contribution in [-0.2, 0) is 19.6 Å².